The Kier molecular flexibility index (Phi) is 3.87. The molecule has 0 aromatic carbocycles. The molecule has 11 heteroatoms. The highest BCUT2D eigenvalue weighted by Gasteiger charge is 2.65. The first-order valence-electron chi connectivity index (χ1n) is 8.30. The van der Waals surface area contributed by atoms with Crippen LogP contribution in [0.3, 0.4) is 0 Å². The maximum atomic E-state index is 12.7. The molecule has 1 saturated heterocycles. The van der Waals surface area contributed by atoms with E-state index in [9.17, 15) is 13.2 Å². The van der Waals surface area contributed by atoms with Crippen molar-refractivity contribution in [3.05, 3.63) is 11.8 Å². The second-order valence-corrected chi connectivity index (χ2v) is 8.09. The molecular formula is C14H20N4O6S. The van der Waals surface area contributed by atoms with Gasteiger partial charge in [-0.3, -0.25) is 9.35 Å². The number of aromatic nitrogens is 2. The number of nitrogens with zero attached hydrogens (tertiary/aromatic N) is 3. The van der Waals surface area contributed by atoms with E-state index in [1.807, 2.05) is 7.05 Å². The van der Waals surface area contributed by atoms with Crippen LogP contribution in [0, 0.1) is 11.3 Å². The number of rotatable bonds is 6. The van der Waals surface area contributed by atoms with Gasteiger partial charge in [-0.1, -0.05) is 0 Å². The van der Waals surface area contributed by atoms with Gasteiger partial charge in [-0.2, -0.15) is 13.5 Å². The molecular weight excluding hydrogens is 352 g/mol. The van der Waals surface area contributed by atoms with Crippen molar-refractivity contribution in [2.75, 3.05) is 13.6 Å². The first kappa shape index (κ1) is 16.9. The molecule has 1 spiro atoms. The van der Waals surface area contributed by atoms with Crippen LogP contribution in [-0.2, 0) is 25.9 Å². The van der Waals surface area contributed by atoms with Crippen molar-refractivity contribution in [1.82, 2.24) is 20.6 Å². The molecule has 3 atom stereocenters. The van der Waals surface area contributed by atoms with Crippen molar-refractivity contribution in [2.24, 2.45) is 11.3 Å². The normalized spacial score (nSPS) is 30.2. The van der Waals surface area contributed by atoms with Crippen LogP contribution in [0.15, 0.2) is 4.42 Å². The Hall–Kier alpha value is -1.56. The molecule has 1 amide bonds. The quantitative estimate of drug-likeness (QED) is 0.664. The van der Waals surface area contributed by atoms with Crippen molar-refractivity contribution < 1.29 is 26.5 Å². The van der Waals surface area contributed by atoms with Gasteiger partial charge in [-0.25, -0.2) is 0 Å². The molecule has 2 N–H and O–H groups in total. The molecule has 1 aromatic heterocycles. The largest absolute Gasteiger partial charge is 0.425 e. The summed E-state index contributed by atoms with van der Waals surface area (Å²) in [5.41, 5.74) is -0.197. The third-order valence-corrected chi connectivity index (χ3v) is 5.92. The van der Waals surface area contributed by atoms with Gasteiger partial charge >= 0.3 is 10.4 Å². The van der Waals surface area contributed by atoms with E-state index in [2.05, 4.69) is 19.8 Å². The minimum atomic E-state index is -4.74. The summed E-state index contributed by atoms with van der Waals surface area (Å²) in [6.45, 7) is 0.705. The number of amides is 1. The number of likely N-dealkylation sites (N-methyl/N-ethyl adjacent to an activating group) is 1. The lowest BCUT2D eigenvalue weighted by Crippen LogP contribution is -2.40. The first-order valence-corrected chi connectivity index (χ1v) is 9.66. The van der Waals surface area contributed by atoms with Gasteiger partial charge in [0.1, 0.15) is 0 Å². The van der Waals surface area contributed by atoms with E-state index in [0.29, 0.717) is 37.6 Å². The van der Waals surface area contributed by atoms with E-state index in [-0.39, 0.29) is 17.4 Å². The molecule has 4 rings (SSSR count). The van der Waals surface area contributed by atoms with Gasteiger partial charge in [0.15, 0.2) is 0 Å². The summed E-state index contributed by atoms with van der Waals surface area (Å²) in [6, 6.07) is -0.338. The van der Waals surface area contributed by atoms with Gasteiger partial charge in [-0.05, 0) is 38.1 Å². The maximum Gasteiger partial charge on any atom is 0.418 e. The lowest BCUT2D eigenvalue weighted by molar-refractivity contribution is -0.161. The average molecular weight is 372 g/mol. The topological polar surface area (TPSA) is 135 Å². The molecule has 3 aliphatic rings. The molecule has 2 saturated carbocycles. The molecule has 2 aliphatic carbocycles. The zero-order valence-electron chi connectivity index (χ0n) is 13.7. The van der Waals surface area contributed by atoms with E-state index in [4.69, 9.17) is 8.97 Å². The van der Waals surface area contributed by atoms with Crippen molar-refractivity contribution in [3.8, 4) is 0 Å². The number of fused-ring (bicyclic) bond motifs is 3. The Morgan fingerprint density at radius 2 is 2.16 bits per heavy atom. The Balaban J connectivity index is 1.60. The summed E-state index contributed by atoms with van der Waals surface area (Å²) in [7, 11) is -2.91. The summed E-state index contributed by atoms with van der Waals surface area (Å²) in [4.78, 5) is 12.7. The smallest absolute Gasteiger partial charge is 0.418 e. The molecule has 10 nitrogen and oxygen atoms in total. The van der Waals surface area contributed by atoms with Crippen LogP contribution in [0.4, 0.5) is 0 Å². The van der Waals surface area contributed by atoms with E-state index < -0.39 is 22.2 Å². The van der Waals surface area contributed by atoms with Crippen molar-refractivity contribution in [3.63, 3.8) is 0 Å². The van der Waals surface area contributed by atoms with Crippen molar-refractivity contribution >= 4 is 16.3 Å². The zero-order valence-corrected chi connectivity index (χ0v) is 14.5. The highest BCUT2D eigenvalue weighted by Crippen LogP contribution is 2.65. The van der Waals surface area contributed by atoms with Gasteiger partial charge in [0.25, 0.3) is 5.91 Å². The summed E-state index contributed by atoms with van der Waals surface area (Å²) in [5.74, 6) is -0.255. The Morgan fingerprint density at radius 3 is 2.80 bits per heavy atom. The number of carbonyl (C=O) groups excluding carboxylic acids is 1. The summed E-state index contributed by atoms with van der Waals surface area (Å²) in [6.07, 6.45) is 3.49. The third kappa shape index (κ3) is 2.94. The molecule has 3 fully saturated rings. The van der Waals surface area contributed by atoms with Crippen LogP contribution >= 0.6 is 0 Å². The van der Waals surface area contributed by atoms with E-state index in [1.54, 1.807) is 0 Å². The minimum absolute atomic E-state index is 0.197. The first-order chi connectivity index (χ1) is 11.8. The molecule has 0 radical (unpaired) electrons. The Morgan fingerprint density at radius 1 is 1.40 bits per heavy atom. The summed E-state index contributed by atoms with van der Waals surface area (Å²) < 4.78 is 41.5. The molecule has 25 heavy (non-hydrogen) atoms. The fourth-order valence-corrected chi connectivity index (χ4v) is 4.58. The van der Waals surface area contributed by atoms with Gasteiger partial charge < -0.3 is 9.73 Å². The summed E-state index contributed by atoms with van der Waals surface area (Å²) >= 11 is 0. The second kappa shape index (κ2) is 5.73. The fourth-order valence-electron chi connectivity index (χ4n) is 4.20. The molecule has 1 aliphatic heterocycles. The predicted octanol–water partition coefficient (Wildman–Crippen LogP) is 0.0505. The molecule has 2 heterocycles. The molecule has 138 valence electrons. The van der Waals surface area contributed by atoms with Crippen LogP contribution < -0.4 is 5.32 Å². The lowest BCUT2D eigenvalue weighted by Gasteiger charge is -2.33. The molecule has 1 aromatic rings. The number of hydrogen-bond donors (Lipinski definition) is 2. The summed E-state index contributed by atoms with van der Waals surface area (Å²) in [5, 5.41) is 12.0. The van der Waals surface area contributed by atoms with Crippen molar-refractivity contribution in [1.29, 1.82) is 0 Å². The predicted molar refractivity (Wildman–Crippen MR) is 82.3 cm³/mol. The van der Waals surface area contributed by atoms with Crippen LogP contribution in [0.2, 0.25) is 0 Å². The Bertz CT molecular complexity index is 789. The molecule has 1 unspecified atom stereocenters. The average Bonchev–Trinajstić information content (AvgIpc) is 3.05. The monoisotopic (exact) mass is 372 g/mol. The standard InChI is InChI=1S/C14H20N4O6S/c1-15-5-2-11-16-17-12(23-11)9-7-14(3-4-14)10-6-8(9)13(19)18(10)24-25(20,21)22/h8-10,15H,2-7H2,1H3,(H,20,21,22)/t8?,9-,10+/m1/s1. The second-order valence-electron chi connectivity index (χ2n) is 7.08. The van der Waals surface area contributed by atoms with Gasteiger partial charge in [0.05, 0.1) is 12.0 Å². The third-order valence-electron chi connectivity index (χ3n) is 5.57. The lowest BCUT2D eigenvalue weighted by atomic mass is 9.72. The van der Waals surface area contributed by atoms with Crippen LogP contribution in [-0.4, -0.2) is 53.8 Å². The maximum absolute atomic E-state index is 12.7. The highest BCUT2D eigenvalue weighted by molar-refractivity contribution is 7.80. The number of nitrogens with one attached hydrogen (secondary N) is 1. The highest BCUT2D eigenvalue weighted by atomic mass is 32.3. The van der Waals surface area contributed by atoms with Gasteiger partial charge in [0.2, 0.25) is 11.8 Å². The number of hydroxylamine groups is 2. The van der Waals surface area contributed by atoms with Gasteiger partial charge in [0, 0.05) is 18.9 Å². The minimum Gasteiger partial charge on any atom is -0.425 e. The van der Waals surface area contributed by atoms with Gasteiger partial charge in [-0.15, -0.1) is 14.5 Å². The fraction of sp³-hybridized carbons (Fsp3) is 0.786. The van der Waals surface area contributed by atoms with Crippen LogP contribution in [0.25, 0.3) is 0 Å². The van der Waals surface area contributed by atoms with Crippen LogP contribution in [0.1, 0.15) is 43.4 Å². The number of carbonyl (C=O) groups is 1. The Labute approximate surface area is 144 Å². The van der Waals surface area contributed by atoms with Crippen LogP contribution in [0.5, 0.6) is 0 Å². The zero-order chi connectivity index (χ0) is 17.8. The SMILES string of the molecule is CNCCc1nnc([C@@H]2CC3(CC3)[C@@H]3CC2C(=O)N3OS(=O)(=O)O)o1. The van der Waals surface area contributed by atoms with Crippen molar-refractivity contribution in [2.45, 2.75) is 44.1 Å². The van der Waals surface area contributed by atoms with E-state index in [1.165, 1.54) is 0 Å². The van der Waals surface area contributed by atoms with E-state index >= 15 is 0 Å². The number of hydrogen-bond acceptors (Lipinski definition) is 8. The molecule has 2 bridgehead atoms. The van der Waals surface area contributed by atoms with E-state index in [0.717, 1.165) is 17.9 Å².